The van der Waals surface area contributed by atoms with Gasteiger partial charge in [0.1, 0.15) is 11.7 Å². The van der Waals surface area contributed by atoms with Crippen LogP contribution in [0.5, 0.6) is 0 Å². The second kappa shape index (κ2) is 9.45. The van der Waals surface area contributed by atoms with Crippen LogP contribution in [0, 0.1) is 11.2 Å². The van der Waals surface area contributed by atoms with Crippen molar-refractivity contribution < 1.29 is 17.6 Å². The van der Waals surface area contributed by atoms with Crippen LogP contribution in [0.3, 0.4) is 0 Å². The monoisotopic (exact) mass is 489 g/mol. The summed E-state index contributed by atoms with van der Waals surface area (Å²) in [5, 5.41) is 15.7. The maximum absolute atomic E-state index is 13.8. The van der Waals surface area contributed by atoms with Gasteiger partial charge in [-0.3, -0.25) is 15.2 Å². The topological polar surface area (TPSA) is 152 Å². The number of carbonyl (C=O) groups excluding carboxylic acids is 1. The SMILES string of the molecule is N=C(N)c1cccc(-c2ncccc2C(=O)Nc2ccc(-c3cc(F)ccc3S(N)(=O)=O)cc2)c1. The van der Waals surface area contributed by atoms with E-state index in [-0.39, 0.29) is 16.3 Å². The molecule has 1 amide bonds. The molecule has 8 nitrogen and oxygen atoms in total. The van der Waals surface area contributed by atoms with E-state index in [4.69, 9.17) is 16.3 Å². The number of halogens is 1. The Balaban J connectivity index is 1.63. The minimum absolute atomic E-state index is 0.0993. The minimum Gasteiger partial charge on any atom is -0.384 e. The number of sulfonamides is 1. The summed E-state index contributed by atoms with van der Waals surface area (Å²) in [5.74, 6) is -1.13. The van der Waals surface area contributed by atoms with Crippen molar-refractivity contribution in [3.8, 4) is 22.4 Å². The molecule has 0 aliphatic carbocycles. The molecule has 0 spiro atoms. The molecule has 0 bridgehead atoms. The number of amides is 1. The number of nitrogens with zero attached hydrogens (tertiary/aromatic N) is 1. The highest BCUT2D eigenvalue weighted by Gasteiger charge is 2.17. The summed E-state index contributed by atoms with van der Waals surface area (Å²) in [4.78, 5) is 17.2. The van der Waals surface area contributed by atoms with Crippen LogP contribution in [0.2, 0.25) is 0 Å². The van der Waals surface area contributed by atoms with Crippen molar-refractivity contribution in [2.45, 2.75) is 4.90 Å². The van der Waals surface area contributed by atoms with E-state index in [9.17, 15) is 17.6 Å². The molecule has 10 heteroatoms. The number of primary sulfonamides is 1. The van der Waals surface area contributed by atoms with Crippen molar-refractivity contribution >= 4 is 27.5 Å². The molecule has 0 radical (unpaired) electrons. The summed E-state index contributed by atoms with van der Waals surface area (Å²) >= 11 is 0. The Morgan fingerprint density at radius 2 is 1.69 bits per heavy atom. The number of benzene rings is 3. The Morgan fingerprint density at radius 1 is 0.943 bits per heavy atom. The van der Waals surface area contributed by atoms with Gasteiger partial charge in [-0.2, -0.15) is 0 Å². The van der Waals surface area contributed by atoms with Crippen LogP contribution in [-0.2, 0) is 10.0 Å². The highest BCUT2D eigenvalue weighted by atomic mass is 32.2. The fourth-order valence-corrected chi connectivity index (χ4v) is 4.30. The van der Waals surface area contributed by atoms with E-state index < -0.39 is 21.7 Å². The van der Waals surface area contributed by atoms with Crippen LogP contribution in [0.25, 0.3) is 22.4 Å². The zero-order chi connectivity index (χ0) is 25.2. The fourth-order valence-electron chi connectivity index (χ4n) is 3.56. The number of anilines is 1. The highest BCUT2D eigenvalue weighted by Crippen LogP contribution is 2.29. The maximum atomic E-state index is 13.8. The molecular formula is C25H20FN5O3S. The first-order valence-corrected chi connectivity index (χ1v) is 11.8. The average Bonchev–Trinajstić information content (AvgIpc) is 2.83. The summed E-state index contributed by atoms with van der Waals surface area (Å²) in [6, 6.07) is 19.6. The standard InChI is InChI=1S/C25H20FN5O3S/c26-18-8-11-22(35(29,33)34)21(14-18)15-6-9-19(10-7-15)31-25(32)20-5-2-12-30-23(20)16-3-1-4-17(13-16)24(27)28/h1-14H,(H3,27,28)(H,31,32)(H2,29,33,34). The van der Waals surface area contributed by atoms with Crippen molar-refractivity contribution in [3.05, 3.63) is 102 Å². The minimum atomic E-state index is -4.07. The molecule has 4 rings (SSSR count). The number of pyridine rings is 1. The van der Waals surface area contributed by atoms with Gasteiger partial charge in [-0.05, 0) is 54.1 Å². The van der Waals surface area contributed by atoms with E-state index in [1.54, 1.807) is 66.9 Å². The van der Waals surface area contributed by atoms with E-state index in [1.807, 2.05) is 0 Å². The Kier molecular flexibility index (Phi) is 6.41. The van der Waals surface area contributed by atoms with E-state index in [2.05, 4.69) is 10.3 Å². The van der Waals surface area contributed by atoms with Crippen molar-refractivity contribution in [1.29, 1.82) is 5.41 Å². The van der Waals surface area contributed by atoms with Crippen LogP contribution < -0.4 is 16.2 Å². The number of rotatable bonds is 6. The fraction of sp³-hybridized carbons (Fsp3) is 0. The molecule has 0 fully saturated rings. The predicted octanol–water partition coefficient (Wildman–Crippen LogP) is 3.74. The largest absolute Gasteiger partial charge is 0.384 e. The summed E-state index contributed by atoms with van der Waals surface area (Å²) in [7, 11) is -4.07. The van der Waals surface area contributed by atoms with Crippen LogP contribution in [0.1, 0.15) is 15.9 Å². The van der Waals surface area contributed by atoms with Crippen LogP contribution in [-0.4, -0.2) is 25.1 Å². The molecule has 35 heavy (non-hydrogen) atoms. The van der Waals surface area contributed by atoms with Crippen molar-refractivity contribution in [2.75, 3.05) is 5.32 Å². The Hall–Kier alpha value is -4.41. The number of hydrogen-bond donors (Lipinski definition) is 4. The molecule has 6 N–H and O–H groups in total. The van der Waals surface area contributed by atoms with Crippen LogP contribution >= 0.6 is 0 Å². The quantitative estimate of drug-likeness (QED) is 0.240. The lowest BCUT2D eigenvalue weighted by atomic mass is 10.0. The number of aromatic nitrogens is 1. The number of nitrogen functional groups attached to an aromatic ring is 1. The lowest BCUT2D eigenvalue weighted by Crippen LogP contribution is -2.14. The van der Waals surface area contributed by atoms with E-state index in [1.165, 1.54) is 0 Å². The summed E-state index contributed by atoms with van der Waals surface area (Å²) in [5.41, 5.74) is 8.39. The molecular weight excluding hydrogens is 469 g/mol. The number of nitrogens with one attached hydrogen (secondary N) is 2. The Bertz CT molecular complexity index is 1550. The third kappa shape index (κ3) is 5.24. The van der Waals surface area contributed by atoms with E-state index in [0.717, 1.165) is 18.2 Å². The number of nitrogens with two attached hydrogens (primary N) is 2. The van der Waals surface area contributed by atoms with Gasteiger partial charge in [0.05, 0.1) is 16.2 Å². The van der Waals surface area contributed by atoms with E-state index >= 15 is 0 Å². The third-order valence-electron chi connectivity index (χ3n) is 5.20. The van der Waals surface area contributed by atoms with Gasteiger partial charge in [-0.15, -0.1) is 0 Å². The number of hydrogen-bond acceptors (Lipinski definition) is 5. The van der Waals surface area contributed by atoms with Crippen molar-refractivity contribution in [1.82, 2.24) is 4.98 Å². The molecule has 0 unspecified atom stereocenters. The summed E-state index contributed by atoms with van der Waals surface area (Å²) < 4.78 is 37.6. The maximum Gasteiger partial charge on any atom is 0.257 e. The lowest BCUT2D eigenvalue weighted by Gasteiger charge is -2.12. The van der Waals surface area contributed by atoms with Gasteiger partial charge in [0.25, 0.3) is 5.91 Å². The normalized spacial score (nSPS) is 11.1. The van der Waals surface area contributed by atoms with Gasteiger partial charge in [-0.25, -0.2) is 17.9 Å². The molecule has 0 aliphatic rings. The second-order valence-electron chi connectivity index (χ2n) is 7.61. The first-order chi connectivity index (χ1) is 16.6. The smallest absolute Gasteiger partial charge is 0.257 e. The Labute approximate surface area is 201 Å². The summed E-state index contributed by atoms with van der Waals surface area (Å²) in [6.45, 7) is 0. The Morgan fingerprint density at radius 3 is 2.37 bits per heavy atom. The van der Waals surface area contributed by atoms with Crippen molar-refractivity contribution in [2.24, 2.45) is 10.9 Å². The van der Waals surface area contributed by atoms with Crippen LogP contribution in [0.15, 0.2) is 90.0 Å². The van der Waals surface area contributed by atoms with Gasteiger partial charge in [0.15, 0.2) is 0 Å². The molecule has 0 atom stereocenters. The molecule has 0 saturated carbocycles. The van der Waals surface area contributed by atoms with Gasteiger partial charge >= 0.3 is 0 Å². The van der Waals surface area contributed by atoms with Gasteiger partial charge in [0.2, 0.25) is 10.0 Å². The molecule has 3 aromatic carbocycles. The predicted molar refractivity (Wildman–Crippen MR) is 132 cm³/mol. The molecule has 1 heterocycles. The number of carbonyl (C=O) groups is 1. The third-order valence-corrected chi connectivity index (χ3v) is 6.17. The van der Waals surface area contributed by atoms with Crippen LogP contribution in [0.4, 0.5) is 10.1 Å². The highest BCUT2D eigenvalue weighted by molar-refractivity contribution is 7.89. The first kappa shape index (κ1) is 23.7. The number of amidine groups is 1. The van der Waals surface area contributed by atoms with Crippen molar-refractivity contribution in [3.63, 3.8) is 0 Å². The molecule has 1 aromatic heterocycles. The zero-order valence-electron chi connectivity index (χ0n) is 18.2. The molecule has 0 saturated heterocycles. The van der Waals surface area contributed by atoms with Gasteiger partial charge in [-0.1, -0.05) is 30.3 Å². The first-order valence-electron chi connectivity index (χ1n) is 10.3. The lowest BCUT2D eigenvalue weighted by molar-refractivity contribution is 0.102. The molecule has 176 valence electrons. The second-order valence-corrected chi connectivity index (χ2v) is 9.14. The average molecular weight is 490 g/mol. The van der Waals surface area contributed by atoms with Gasteiger partial charge in [0, 0.05) is 28.6 Å². The van der Waals surface area contributed by atoms with E-state index in [0.29, 0.717) is 33.6 Å². The zero-order valence-corrected chi connectivity index (χ0v) is 19.0. The molecule has 0 aliphatic heterocycles. The molecule has 4 aromatic rings. The van der Waals surface area contributed by atoms with Gasteiger partial charge < -0.3 is 11.1 Å². The summed E-state index contributed by atoms with van der Waals surface area (Å²) in [6.07, 6.45) is 1.56.